The van der Waals surface area contributed by atoms with E-state index in [4.69, 9.17) is 34.4 Å². The molecule has 3 aliphatic heterocycles. The van der Waals surface area contributed by atoms with Crippen molar-refractivity contribution in [3.8, 4) is 0 Å². The fourth-order valence-corrected chi connectivity index (χ4v) is 13.3. The lowest BCUT2D eigenvalue weighted by Gasteiger charge is -2.36. The minimum atomic E-state index is -1.27. The highest BCUT2D eigenvalue weighted by Crippen LogP contribution is 2.40. The molecule has 4 aliphatic rings. The first-order valence-electron chi connectivity index (χ1n) is 31.0. The number of likely N-dealkylation sites (tertiary alicyclic amines) is 1. The summed E-state index contributed by atoms with van der Waals surface area (Å²) in [6.45, 7) is 1.37. The molecule has 4 fully saturated rings. The zero-order valence-corrected chi connectivity index (χ0v) is 51.4. The summed E-state index contributed by atoms with van der Waals surface area (Å²) in [5.41, 5.74) is 33.8. The van der Waals surface area contributed by atoms with Crippen molar-refractivity contribution in [3.63, 3.8) is 0 Å². The summed E-state index contributed by atoms with van der Waals surface area (Å²) in [5, 5.41) is 33.3. The Kier molecular flexibility index (Phi) is 33.6. The highest BCUT2D eigenvalue weighted by Gasteiger charge is 2.49. The molecule has 1 saturated carbocycles. The van der Waals surface area contributed by atoms with Crippen LogP contribution in [0.1, 0.15) is 173 Å². The van der Waals surface area contributed by atoms with Crippen LogP contribution in [0, 0.1) is 5.92 Å². The summed E-state index contributed by atoms with van der Waals surface area (Å²) in [6.07, 6.45) is 17.3. The van der Waals surface area contributed by atoms with Crippen LogP contribution in [0.5, 0.6) is 0 Å². The third-order valence-electron chi connectivity index (χ3n) is 16.2. The number of urea groups is 1. The Hall–Kier alpha value is -5.81. The number of carboxylic acids is 1. The average Bonchev–Trinajstić information content (AvgIpc) is 4.07. The van der Waals surface area contributed by atoms with Crippen LogP contribution in [-0.2, 0) is 38.4 Å². The fourth-order valence-electron chi connectivity index (χ4n) is 11.6. The van der Waals surface area contributed by atoms with Gasteiger partial charge in [-0.25, -0.2) is 9.59 Å². The second-order valence-electron chi connectivity index (χ2n) is 23.0. The molecule has 482 valence electrons. The Morgan fingerprint density at radius 2 is 1.24 bits per heavy atom. The SMILES string of the molecule is NCC[C@H](NC(=O)[C@H](CCCCNC(=O)[C@H](CCCCN=C(N)N)NC(=O)CCCCCCCCCCNC(=O)CCCC[C@@H]1SC[C@@H]2NC(=O)N[C@@H]21)NC(=O)[C@@H](N)CS)C(=O)N1C2CCCCC2C[C@H]1C(=O)N[C@@H](CCCN=C(N)N)C(=O)O. The summed E-state index contributed by atoms with van der Waals surface area (Å²) in [7, 11) is 0. The van der Waals surface area contributed by atoms with E-state index in [0.29, 0.717) is 76.1 Å². The zero-order chi connectivity index (χ0) is 62.1. The van der Waals surface area contributed by atoms with Crippen LogP contribution in [0.15, 0.2) is 9.98 Å². The number of amides is 9. The number of hydrogen-bond acceptors (Lipinski definition) is 15. The van der Waals surface area contributed by atoms with Crippen molar-refractivity contribution in [2.75, 3.05) is 44.2 Å². The van der Waals surface area contributed by atoms with Gasteiger partial charge in [0.25, 0.3) is 0 Å². The second kappa shape index (κ2) is 39.8. The van der Waals surface area contributed by atoms with Crippen molar-refractivity contribution in [2.45, 2.75) is 233 Å². The van der Waals surface area contributed by atoms with Crippen molar-refractivity contribution in [1.82, 2.24) is 47.4 Å². The normalized spacial score (nSPS) is 21.3. The van der Waals surface area contributed by atoms with E-state index >= 15 is 0 Å². The van der Waals surface area contributed by atoms with E-state index in [9.17, 15) is 48.3 Å². The van der Waals surface area contributed by atoms with Crippen molar-refractivity contribution in [2.24, 2.45) is 50.3 Å². The smallest absolute Gasteiger partial charge is 0.326 e. The number of carbonyl (C=O) groups excluding carboxylic acids is 8. The number of nitrogens with two attached hydrogens (primary N) is 6. The number of nitrogens with zero attached hydrogens (tertiary/aromatic N) is 3. The summed E-state index contributed by atoms with van der Waals surface area (Å²) >= 11 is 6.04. The zero-order valence-electron chi connectivity index (χ0n) is 49.7. The molecule has 0 aromatic carbocycles. The standard InChI is InChI=1S/C56H101N17O10S2/c57-27-26-39(52(80)73-42-22-9-8-18-35(42)32-43(73)51(79)70-40(53(81)82)21-17-31-66-55(61)62)69-50(78)38(68-48(76)36(58)33-84)20-12-15-29-64-49(77)37(19-13-16-30-65-54(59)60)67-46(75)25-7-5-3-1-2-4-6-14-28-63-45(74)24-11-10-23-44-47-41(34-85-44)71-56(83)72-47/h35-44,47,84H,1-34,57-58H2,(H,63,74)(H,64,77)(H,67,75)(H,68,76)(H,69,78)(H,70,79)(H,81,82)(H4,59,60,65)(H4,61,62,66)(H2,71,72,83)/t35?,36-,37-,38-,39-,40-,41-,42?,43-,44-,47-/m0/s1. The topological polar surface area (TPSA) is 454 Å². The maximum absolute atomic E-state index is 14.7. The predicted octanol–water partition coefficient (Wildman–Crippen LogP) is -0.0875. The van der Waals surface area contributed by atoms with E-state index in [-0.39, 0.29) is 117 Å². The molecule has 2 unspecified atom stereocenters. The van der Waals surface area contributed by atoms with Crippen molar-refractivity contribution in [3.05, 3.63) is 0 Å². The van der Waals surface area contributed by atoms with E-state index in [2.05, 4.69) is 65.1 Å². The van der Waals surface area contributed by atoms with E-state index < -0.39 is 65.8 Å². The Labute approximate surface area is 510 Å². The molecular weight excluding hydrogens is 1130 g/mol. The van der Waals surface area contributed by atoms with Gasteiger partial charge in [0.1, 0.15) is 30.2 Å². The third-order valence-corrected chi connectivity index (χ3v) is 18.1. The Morgan fingerprint density at radius 1 is 0.647 bits per heavy atom. The molecule has 0 spiro atoms. The van der Waals surface area contributed by atoms with Gasteiger partial charge in [-0.05, 0) is 115 Å². The number of unbranched alkanes of at least 4 members (excludes halogenated alkanes) is 10. The second-order valence-corrected chi connectivity index (χ2v) is 24.6. The van der Waals surface area contributed by atoms with Crippen LogP contribution in [0.4, 0.5) is 4.79 Å². The van der Waals surface area contributed by atoms with Crippen molar-refractivity contribution >= 4 is 89.7 Å². The number of guanidine groups is 2. The highest BCUT2D eigenvalue weighted by molar-refractivity contribution is 8.00. The largest absolute Gasteiger partial charge is 0.480 e. The molecule has 27 nitrogen and oxygen atoms in total. The van der Waals surface area contributed by atoms with Crippen LogP contribution in [-0.4, -0.2) is 179 Å². The lowest BCUT2D eigenvalue weighted by Crippen LogP contribution is -2.60. The number of thiol groups is 1. The van der Waals surface area contributed by atoms with E-state index in [1.807, 2.05) is 11.8 Å². The first kappa shape index (κ1) is 71.7. The highest BCUT2D eigenvalue weighted by atomic mass is 32.2. The molecule has 11 atom stereocenters. The number of hydrogen-bond donors (Lipinski definition) is 16. The van der Waals surface area contributed by atoms with Gasteiger partial charge in [0.05, 0.1) is 18.1 Å². The van der Waals surface area contributed by atoms with E-state index in [0.717, 1.165) is 89.2 Å². The van der Waals surface area contributed by atoms with E-state index in [1.165, 1.54) is 4.90 Å². The molecule has 4 rings (SSSR count). The molecule has 0 bridgehead atoms. The summed E-state index contributed by atoms with van der Waals surface area (Å²) in [5.74, 6) is -3.53. The molecule has 21 N–H and O–H groups in total. The minimum Gasteiger partial charge on any atom is -0.480 e. The number of nitrogens with one attached hydrogen (secondary N) is 8. The summed E-state index contributed by atoms with van der Waals surface area (Å²) in [6, 6.07) is -6.49. The molecule has 3 saturated heterocycles. The van der Waals surface area contributed by atoms with Gasteiger partial charge in [0.2, 0.25) is 41.4 Å². The predicted molar refractivity (Wildman–Crippen MR) is 332 cm³/mol. The van der Waals surface area contributed by atoms with Gasteiger partial charge in [0.15, 0.2) is 11.9 Å². The molecule has 1 aliphatic carbocycles. The molecule has 29 heteroatoms. The number of carbonyl (C=O) groups is 9. The van der Waals surface area contributed by atoms with Crippen LogP contribution in [0.3, 0.4) is 0 Å². The van der Waals surface area contributed by atoms with Crippen LogP contribution in [0.2, 0.25) is 0 Å². The maximum Gasteiger partial charge on any atom is 0.326 e. The molecule has 0 aromatic heterocycles. The van der Waals surface area contributed by atoms with Gasteiger partial charge in [-0.15, -0.1) is 0 Å². The fraction of sp³-hybridized carbons (Fsp3) is 0.804. The molecule has 0 radical (unpaired) electrons. The third kappa shape index (κ3) is 26.4. The number of aliphatic carboxylic acids is 1. The Balaban J connectivity index is 1.21. The number of thioether (sulfide) groups is 1. The minimum absolute atomic E-state index is 0.00240. The molecule has 0 aromatic rings. The lowest BCUT2D eigenvalue weighted by atomic mass is 9.84. The average molecular weight is 1240 g/mol. The molecule has 3 heterocycles. The van der Waals surface area contributed by atoms with Crippen molar-refractivity contribution in [1.29, 1.82) is 0 Å². The van der Waals surface area contributed by atoms with Crippen molar-refractivity contribution < 1.29 is 48.3 Å². The molecular formula is C56H101N17O10S2. The monoisotopic (exact) mass is 1240 g/mol. The summed E-state index contributed by atoms with van der Waals surface area (Å²) < 4.78 is 0. The molecule has 85 heavy (non-hydrogen) atoms. The number of carboxylic acid groups (broad SMARTS) is 1. The summed E-state index contributed by atoms with van der Waals surface area (Å²) in [4.78, 5) is 128. The first-order valence-corrected chi connectivity index (χ1v) is 32.7. The Bertz CT molecular complexity index is 2210. The van der Waals surface area contributed by atoms with Crippen LogP contribution in [0.25, 0.3) is 0 Å². The van der Waals surface area contributed by atoms with Crippen LogP contribution < -0.4 is 76.9 Å². The van der Waals surface area contributed by atoms with E-state index in [1.54, 1.807) is 0 Å². The number of fused-ring (bicyclic) bond motifs is 2. The maximum atomic E-state index is 14.7. The van der Waals surface area contributed by atoms with Gasteiger partial charge in [0, 0.05) is 61.8 Å². The lowest BCUT2D eigenvalue weighted by molar-refractivity contribution is -0.146. The number of aliphatic imine (C=N–C) groups is 2. The quantitative estimate of drug-likeness (QED) is 0.0125. The van der Waals surface area contributed by atoms with Gasteiger partial charge >= 0.3 is 12.0 Å². The molecule has 9 amide bonds. The van der Waals surface area contributed by atoms with Gasteiger partial charge in [-0.1, -0.05) is 57.8 Å². The van der Waals surface area contributed by atoms with Crippen LogP contribution >= 0.6 is 24.4 Å². The van der Waals surface area contributed by atoms with Gasteiger partial charge < -0.3 is 86.9 Å². The van der Waals surface area contributed by atoms with Gasteiger partial charge in [-0.3, -0.25) is 43.5 Å². The Morgan fingerprint density at radius 3 is 1.92 bits per heavy atom. The number of rotatable bonds is 43. The first-order chi connectivity index (χ1) is 40.8. The van der Waals surface area contributed by atoms with Gasteiger partial charge in [-0.2, -0.15) is 24.4 Å².